The molecule has 0 aliphatic rings. The van der Waals surface area contributed by atoms with Gasteiger partial charge in [0.1, 0.15) is 5.75 Å². The number of phenolic OH excluding ortho intramolecular Hbond substituents is 1. The van der Waals surface area contributed by atoms with Gasteiger partial charge in [-0.25, -0.2) is 0 Å². The van der Waals surface area contributed by atoms with Crippen LogP contribution in [0.1, 0.15) is 5.69 Å². The lowest BCUT2D eigenvalue weighted by molar-refractivity contribution is 0.477. The Morgan fingerprint density at radius 3 is 2.81 bits per heavy atom. The molecule has 0 bridgehead atoms. The number of hydrogen-bond acceptors (Lipinski definition) is 4. The third-order valence-corrected chi connectivity index (χ3v) is 2.20. The van der Waals surface area contributed by atoms with E-state index in [0.29, 0.717) is 17.9 Å². The Labute approximate surface area is 93.8 Å². The summed E-state index contributed by atoms with van der Waals surface area (Å²) in [5, 5.41) is 12.6. The van der Waals surface area contributed by atoms with Gasteiger partial charge in [0.2, 0.25) is 0 Å². The summed E-state index contributed by atoms with van der Waals surface area (Å²) < 4.78 is 0. The molecule has 0 saturated heterocycles. The maximum atomic E-state index is 9.54. The molecule has 0 aliphatic heterocycles. The molecule has 4 nitrogen and oxygen atoms in total. The van der Waals surface area contributed by atoms with Crippen LogP contribution in [0.3, 0.4) is 0 Å². The minimum absolute atomic E-state index is 0.228. The van der Waals surface area contributed by atoms with Crippen molar-refractivity contribution in [3.63, 3.8) is 0 Å². The molecule has 2 aromatic rings. The number of aromatic hydroxyl groups is 1. The predicted octanol–water partition coefficient (Wildman–Crippen LogP) is 1.98. The molecule has 0 radical (unpaired) electrons. The molecular weight excluding hydrogens is 202 g/mol. The van der Waals surface area contributed by atoms with Gasteiger partial charge in [-0.3, -0.25) is 4.98 Å². The molecule has 82 valence electrons. The molecule has 1 aromatic heterocycles. The molecular formula is C12H13N3O. The second kappa shape index (κ2) is 4.53. The van der Waals surface area contributed by atoms with Crippen LogP contribution in [0.15, 0.2) is 42.6 Å². The van der Waals surface area contributed by atoms with E-state index in [1.54, 1.807) is 30.5 Å². The number of pyridine rings is 1. The highest BCUT2D eigenvalue weighted by Gasteiger charge is 1.99. The van der Waals surface area contributed by atoms with Crippen LogP contribution < -0.4 is 11.1 Å². The van der Waals surface area contributed by atoms with E-state index in [9.17, 15) is 5.11 Å². The Balaban J connectivity index is 2.05. The average molecular weight is 215 g/mol. The summed E-state index contributed by atoms with van der Waals surface area (Å²) >= 11 is 0. The second-order valence-electron chi connectivity index (χ2n) is 3.45. The largest absolute Gasteiger partial charge is 0.506 e. The van der Waals surface area contributed by atoms with E-state index >= 15 is 0 Å². The van der Waals surface area contributed by atoms with Crippen molar-refractivity contribution in [3.05, 3.63) is 48.3 Å². The van der Waals surface area contributed by atoms with Crippen molar-refractivity contribution in [3.8, 4) is 5.75 Å². The number of nitrogens with one attached hydrogen (secondary N) is 1. The Kier molecular flexibility index (Phi) is 2.91. The number of phenols is 1. The second-order valence-corrected chi connectivity index (χ2v) is 3.45. The average Bonchev–Trinajstić information content (AvgIpc) is 2.28. The highest BCUT2D eigenvalue weighted by Crippen LogP contribution is 2.21. The SMILES string of the molecule is Nc1ccnc(CNc2ccccc2O)c1. The van der Waals surface area contributed by atoms with Gasteiger partial charge < -0.3 is 16.2 Å². The molecule has 4 N–H and O–H groups in total. The van der Waals surface area contributed by atoms with Gasteiger partial charge in [-0.05, 0) is 24.3 Å². The molecule has 4 heteroatoms. The van der Waals surface area contributed by atoms with E-state index in [-0.39, 0.29) is 5.75 Å². The molecule has 16 heavy (non-hydrogen) atoms. The number of anilines is 2. The number of hydrogen-bond donors (Lipinski definition) is 3. The number of nitrogens with zero attached hydrogens (tertiary/aromatic N) is 1. The quantitative estimate of drug-likeness (QED) is 0.685. The van der Waals surface area contributed by atoms with Crippen LogP contribution in [0.4, 0.5) is 11.4 Å². The molecule has 0 spiro atoms. The lowest BCUT2D eigenvalue weighted by Crippen LogP contribution is -2.02. The maximum absolute atomic E-state index is 9.54. The van der Waals surface area contributed by atoms with E-state index in [1.807, 2.05) is 12.1 Å². The predicted molar refractivity (Wildman–Crippen MR) is 64.1 cm³/mol. The van der Waals surface area contributed by atoms with Gasteiger partial charge >= 0.3 is 0 Å². The van der Waals surface area contributed by atoms with Crippen LogP contribution in [-0.2, 0) is 6.54 Å². The van der Waals surface area contributed by atoms with Crippen molar-refractivity contribution in [2.75, 3.05) is 11.1 Å². The molecule has 0 unspecified atom stereocenters. The number of benzene rings is 1. The van der Waals surface area contributed by atoms with Crippen molar-refractivity contribution in [1.29, 1.82) is 0 Å². The first-order valence-corrected chi connectivity index (χ1v) is 4.98. The molecule has 0 atom stereocenters. The van der Waals surface area contributed by atoms with Crippen molar-refractivity contribution in [2.24, 2.45) is 0 Å². The van der Waals surface area contributed by atoms with Gasteiger partial charge in [-0.1, -0.05) is 12.1 Å². The summed E-state index contributed by atoms with van der Waals surface area (Å²) in [6.07, 6.45) is 1.66. The summed E-state index contributed by atoms with van der Waals surface area (Å²) in [5.41, 5.74) is 7.85. The minimum atomic E-state index is 0.228. The highest BCUT2D eigenvalue weighted by molar-refractivity contribution is 5.55. The van der Waals surface area contributed by atoms with Gasteiger partial charge in [0, 0.05) is 11.9 Å². The van der Waals surface area contributed by atoms with E-state index in [0.717, 1.165) is 5.69 Å². The number of para-hydroxylation sites is 2. The minimum Gasteiger partial charge on any atom is -0.506 e. The Morgan fingerprint density at radius 2 is 2.06 bits per heavy atom. The summed E-state index contributed by atoms with van der Waals surface area (Å²) in [7, 11) is 0. The van der Waals surface area contributed by atoms with Crippen LogP contribution in [0.2, 0.25) is 0 Å². The zero-order valence-corrected chi connectivity index (χ0v) is 8.72. The molecule has 2 rings (SSSR count). The third kappa shape index (κ3) is 2.42. The zero-order valence-electron chi connectivity index (χ0n) is 8.72. The number of nitrogens with two attached hydrogens (primary N) is 1. The van der Waals surface area contributed by atoms with Gasteiger partial charge in [-0.15, -0.1) is 0 Å². The Hall–Kier alpha value is -2.23. The summed E-state index contributed by atoms with van der Waals surface area (Å²) in [6.45, 7) is 0.530. The molecule has 0 fully saturated rings. The number of rotatable bonds is 3. The first kappa shape index (κ1) is 10.3. The summed E-state index contributed by atoms with van der Waals surface area (Å²) in [5.74, 6) is 0.228. The molecule has 0 saturated carbocycles. The zero-order chi connectivity index (χ0) is 11.4. The van der Waals surface area contributed by atoms with Crippen LogP contribution in [0.5, 0.6) is 5.75 Å². The van der Waals surface area contributed by atoms with Crippen molar-refractivity contribution in [1.82, 2.24) is 4.98 Å². The standard InChI is InChI=1S/C12H13N3O/c13-9-5-6-14-10(7-9)8-15-11-3-1-2-4-12(11)16/h1-7,15-16H,8H2,(H2,13,14). The number of aromatic nitrogens is 1. The molecule has 1 aromatic carbocycles. The maximum Gasteiger partial charge on any atom is 0.138 e. The van der Waals surface area contributed by atoms with Gasteiger partial charge in [0.15, 0.2) is 0 Å². The van der Waals surface area contributed by atoms with Crippen molar-refractivity contribution < 1.29 is 5.11 Å². The lowest BCUT2D eigenvalue weighted by Gasteiger charge is -2.07. The number of nitrogen functional groups attached to an aromatic ring is 1. The fourth-order valence-electron chi connectivity index (χ4n) is 1.40. The molecule has 0 amide bonds. The summed E-state index contributed by atoms with van der Waals surface area (Å²) in [6, 6.07) is 10.6. The van der Waals surface area contributed by atoms with E-state index in [1.165, 1.54) is 0 Å². The monoisotopic (exact) mass is 215 g/mol. The van der Waals surface area contributed by atoms with Crippen LogP contribution >= 0.6 is 0 Å². The lowest BCUT2D eigenvalue weighted by atomic mass is 10.2. The van der Waals surface area contributed by atoms with Gasteiger partial charge in [-0.2, -0.15) is 0 Å². The fraction of sp³-hybridized carbons (Fsp3) is 0.0833. The van der Waals surface area contributed by atoms with E-state index < -0.39 is 0 Å². The van der Waals surface area contributed by atoms with Crippen molar-refractivity contribution >= 4 is 11.4 Å². The smallest absolute Gasteiger partial charge is 0.138 e. The van der Waals surface area contributed by atoms with Crippen LogP contribution in [-0.4, -0.2) is 10.1 Å². The third-order valence-electron chi connectivity index (χ3n) is 2.20. The Morgan fingerprint density at radius 1 is 1.25 bits per heavy atom. The van der Waals surface area contributed by atoms with Gasteiger partial charge in [0.25, 0.3) is 0 Å². The molecule has 0 aliphatic carbocycles. The van der Waals surface area contributed by atoms with Crippen molar-refractivity contribution in [2.45, 2.75) is 6.54 Å². The normalized spacial score (nSPS) is 10.0. The fourth-order valence-corrected chi connectivity index (χ4v) is 1.40. The summed E-state index contributed by atoms with van der Waals surface area (Å²) in [4.78, 5) is 4.16. The molecule has 1 heterocycles. The topological polar surface area (TPSA) is 71.2 Å². The van der Waals surface area contributed by atoms with E-state index in [2.05, 4.69) is 10.3 Å². The van der Waals surface area contributed by atoms with Crippen LogP contribution in [0, 0.1) is 0 Å². The Bertz CT molecular complexity index is 485. The first-order chi connectivity index (χ1) is 7.75. The van der Waals surface area contributed by atoms with Crippen LogP contribution in [0.25, 0.3) is 0 Å². The van der Waals surface area contributed by atoms with Gasteiger partial charge in [0.05, 0.1) is 17.9 Å². The highest BCUT2D eigenvalue weighted by atomic mass is 16.3. The van der Waals surface area contributed by atoms with E-state index in [4.69, 9.17) is 5.73 Å². The first-order valence-electron chi connectivity index (χ1n) is 4.98.